The van der Waals surface area contributed by atoms with E-state index in [4.69, 9.17) is 5.26 Å². The van der Waals surface area contributed by atoms with Crippen LogP contribution in [0.4, 0.5) is 5.69 Å². The van der Waals surface area contributed by atoms with Crippen LogP contribution in [0.1, 0.15) is 18.1 Å². The Morgan fingerprint density at radius 3 is 2.94 bits per heavy atom. The second kappa shape index (κ2) is 4.54. The molecule has 0 amide bonds. The molecule has 1 aliphatic rings. The van der Waals surface area contributed by atoms with Crippen LogP contribution in [0.25, 0.3) is 0 Å². The quantitative estimate of drug-likeness (QED) is 0.774. The van der Waals surface area contributed by atoms with E-state index in [2.05, 4.69) is 36.2 Å². The molecule has 84 valence electrons. The monoisotopic (exact) mass is 215 g/mol. The summed E-state index contributed by atoms with van der Waals surface area (Å²) in [7, 11) is 0. The largest absolute Gasteiger partial charge is 0.366 e. The molecular formula is C13H17N3. The van der Waals surface area contributed by atoms with E-state index in [1.165, 1.54) is 11.3 Å². The molecule has 3 nitrogen and oxygen atoms in total. The summed E-state index contributed by atoms with van der Waals surface area (Å²) < 4.78 is 0. The summed E-state index contributed by atoms with van der Waals surface area (Å²) in [6.07, 6.45) is 0. The predicted octanol–water partition coefficient (Wildman–Crippen LogP) is 1.66. The second-order valence-corrected chi connectivity index (χ2v) is 4.36. The first-order valence-corrected chi connectivity index (χ1v) is 5.70. The van der Waals surface area contributed by atoms with Crippen LogP contribution in [0.15, 0.2) is 18.2 Å². The minimum atomic E-state index is 0.514. The highest BCUT2D eigenvalue weighted by molar-refractivity contribution is 5.57. The number of piperazine rings is 1. The summed E-state index contributed by atoms with van der Waals surface area (Å²) in [5.41, 5.74) is 3.19. The molecule has 1 aromatic carbocycles. The van der Waals surface area contributed by atoms with E-state index in [1.54, 1.807) is 0 Å². The molecule has 1 unspecified atom stereocenters. The fourth-order valence-electron chi connectivity index (χ4n) is 2.25. The Hall–Kier alpha value is -1.53. The first kappa shape index (κ1) is 11.0. The summed E-state index contributed by atoms with van der Waals surface area (Å²) in [6, 6.07) is 8.62. The van der Waals surface area contributed by atoms with E-state index in [-0.39, 0.29) is 0 Å². The van der Waals surface area contributed by atoms with Gasteiger partial charge in [0, 0.05) is 31.4 Å². The van der Waals surface area contributed by atoms with Crippen molar-refractivity contribution in [3.05, 3.63) is 29.3 Å². The number of aryl methyl sites for hydroxylation is 1. The topological polar surface area (TPSA) is 39.1 Å². The first-order chi connectivity index (χ1) is 7.72. The number of anilines is 1. The van der Waals surface area contributed by atoms with Crippen molar-refractivity contribution in [2.45, 2.75) is 19.9 Å². The van der Waals surface area contributed by atoms with E-state index in [1.807, 2.05) is 12.1 Å². The fraction of sp³-hybridized carbons (Fsp3) is 0.462. The Morgan fingerprint density at radius 2 is 2.31 bits per heavy atom. The van der Waals surface area contributed by atoms with Crippen molar-refractivity contribution in [1.29, 1.82) is 5.26 Å². The van der Waals surface area contributed by atoms with Gasteiger partial charge in [0.25, 0.3) is 0 Å². The zero-order valence-corrected chi connectivity index (χ0v) is 9.83. The molecule has 0 bridgehead atoms. The van der Waals surface area contributed by atoms with Crippen LogP contribution in [0, 0.1) is 18.3 Å². The summed E-state index contributed by atoms with van der Waals surface area (Å²) in [5, 5.41) is 12.2. The summed E-state index contributed by atoms with van der Waals surface area (Å²) >= 11 is 0. The van der Waals surface area contributed by atoms with Gasteiger partial charge in [0.2, 0.25) is 0 Å². The molecule has 1 aromatic rings. The standard InChI is InChI=1S/C13H17N3/c1-10-7-12(8-14)3-4-13(10)16-6-5-15-9-11(16)2/h3-4,7,11,15H,5-6,9H2,1-2H3. The van der Waals surface area contributed by atoms with Crippen molar-refractivity contribution in [3.63, 3.8) is 0 Å². The smallest absolute Gasteiger partial charge is 0.0991 e. The lowest BCUT2D eigenvalue weighted by atomic mass is 10.1. The number of hydrogen-bond acceptors (Lipinski definition) is 3. The van der Waals surface area contributed by atoms with Crippen molar-refractivity contribution in [3.8, 4) is 6.07 Å². The second-order valence-electron chi connectivity index (χ2n) is 4.36. The first-order valence-electron chi connectivity index (χ1n) is 5.70. The minimum absolute atomic E-state index is 0.514. The molecule has 0 aromatic heterocycles. The van der Waals surface area contributed by atoms with E-state index in [0.29, 0.717) is 6.04 Å². The van der Waals surface area contributed by atoms with Gasteiger partial charge in [-0.1, -0.05) is 0 Å². The number of benzene rings is 1. The Labute approximate surface area is 96.7 Å². The number of nitrogens with zero attached hydrogens (tertiary/aromatic N) is 2. The van der Waals surface area contributed by atoms with Crippen LogP contribution in [0.5, 0.6) is 0 Å². The van der Waals surface area contributed by atoms with Crippen molar-refractivity contribution >= 4 is 5.69 Å². The SMILES string of the molecule is Cc1cc(C#N)ccc1N1CCNCC1C. The van der Waals surface area contributed by atoms with Crippen molar-refractivity contribution < 1.29 is 0 Å². The highest BCUT2D eigenvalue weighted by Gasteiger charge is 2.19. The molecule has 1 heterocycles. The fourth-order valence-corrected chi connectivity index (χ4v) is 2.25. The van der Waals surface area contributed by atoms with E-state index >= 15 is 0 Å². The lowest BCUT2D eigenvalue weighted by molar-refractivity contribution is 0.500. The molecule has 1 saturated heterocycles. The molecule has 0 spiro atoms. The van der Waals surface area contributed by atoms with Gasteiger partial charge in [-0.15, -0.1) is 0 Å². The molecule has 1 aliphatic heterocycles. The van der Waals surface area contributed by atoms with Gasteiger partial charge in [0.15, 0.2) is 0 Å². The summed E-state index contributed by atoms with van der Waals surface area (Å²) in [6.45, 7) is 7.39. The van der Waals surface area contributed by atoms with Crippen molar-refractivity contribution in [2.75, 3.05) is 24.5 Å². The van der Waals surface area contributed by atoms with Gasteiger partial charge in [-0.2, -0.15) is 5.26 Å². The summed E-state index contributed by atoms with van der Waals surface area (Å²) in [4.78, 5) is 2.41. The van der Waals surface area contributed by atoms with Gasteiger partial charge in [0.05, 0.1) is 11.6 Å². The molecular weight excluding hydrogens is 198 g/mol. The number of hydrogen-bond donors (Lipinski definition) is 1. The summed E-state index contributed by atoms with van der Waals surface area (Å²) in [5.74, 6) is 0. The van der Waals surface area contributed by atoms with Crippen LogP contribution >= 0.6 is 0 Å². The highest BCUT2D eigenvalue weighted by atomic mass is 15.2. The Balaban J connectivity index is 2.29. The maximum atomic E-state index is 8.84. The van der Waals surface area contributed by atoms with E-state index in [0.717, 1.165) is 25.2 Å². The van der Waals surface area contributed by atoms with Crippen molar-refractivity contribution in [2.24, 2.45) is 0 Å². The molecule has 3 heteroatoms. The third-order valence-corrected chi connectivity index (χ3v) is 3.14. The van der Waals surface area contributed by atoms with Crippen molar-refractivity contribution in [1.82, 2.24) is 5.32 Å². The third kappa shape index (κ3) is 2.02. The van der Waals surface area contributed by atoms with E-state index < -0.39 is 0 Å². The molecule has 0 radical (unpaired) electrons. The van der Waals surface area contributed by atoms with Crippen LogP contribution in [-0.2, 0) is 0 Å². The van der Waals surface area contributed by atoms with Gasteiger partial charge >= 0.3 is 0 Å². The number of nitrogens with one attached hydrogen (secondary N) is 1. The average molecular weight is 215 g/mol. The van der Waals surface area contributed by atoms with Gasteiger partial charge in [-0.25, -0.2) is 0 Å². The molecule has 2 rings (SSSR count). The lowest BCUT2D eigenvalue weighted by Crippen LogP contribution is -2.50. The maximum Gasteiger partial charge on any atom is 0.0991 e. The highest BCUT2D eigenvalue weighted by Crippen LogP contribution is 2.23. The molecule has 1 atom stereocenters. The van der Waals surface area contributed by atoms with Crippen LogP contribution < -0.4 is 10.2 Å². The van der Waals surface area contributed by atoms with Crippen LogP contribution in [-0.4, -0.2) is 25.7 Å². The Morgan fingerprint density at radius 1 is 1.50 bits per heavy atom. The van der Waals surface area contributed by atoms with Gasteiger partial charge in [-0.05, 0) is 37.6 Å². The van der Waals surface area contributed by atoms with E-state index in [9.17, 15) is 0 Å². The van der Waals surface area contributed by atoms with Gasteiger partial charge < -0.3 is 10.2 Å². The zero-order chi connectivity index (χ0) is 11.5. The van der Waals surface area contributed by atoms with Gasteiger partial charge in [-0.3, -0.25) is 0 Å². The normalized spacial score (nSPS) is 20.6. The maximum absolute atomic E-state index is 8.84. The van der Waals surface area contributed by atoms with Crippen LogP contribution in [0.2, 0.25) is 0 Å². The number of nitriles is 1. The average Bonchev–Trinajstić information content (AvgIpc) is 2.30. The molecule has 16 heavy (non-hydrogen) atoms. The third-order valence-electron chi connectivity index (χ3n) is 3.14. The zero-order valence-electron chi connectivity index (χ0n) is 9.83. The Bertz CT molecular complexity index is 420. The van der Waals surface area contributed by atoms with Gasteiger partial charge in [0.1, 0.15) is 0 Å². The Kier molecular flexibility index (Phi) is 3.12. The molecule has 1 fully saturated rings. The molecule has 0 aliphatic carbocycles. The lowest BCUT2D eigenvalue weighted by Gasteiger charge is -2.36. The number of rotatable bonds is 1. The molecule has 1 N–H and O–H groups in total. The molecule has 0 saturated carbocycles. The predicted molar refractivity (Wildman–Crippen MR) is 65.6 cm³/mol. The van der Waals surface area contributed by atoms with Crippen LogP contribution in [0.3, 0.4) is 0 Å². The minimum Gasteiger partial charge on any atom is -0.366 e.